The SMILES string of the molecule is Cc1ccc(N(CC(=O)N[C@H](c2ccccc2)c2ccccc2C)S(=O)(=O)c2ccc(F)cc2)cc1. The van der Waals surface area contributed by atoms with Crippen molar-refractivity contribution in [1.82, 2.24) is 5.32 Å². The fourth-order valence-electron chi connectivity index (χ4n) is 3.99. The first-order valence-electron chi connectivity index (χ1n) is 11.5. The molecule has 0 saturated heterocycles. The van der Waals surface area contributed by atoms with E-state index in [-0.39, 0.29) is 4.90 Å². The lowest BCUT2D eigenvalue weighted by molar-refractivity contribution is -0.120. The first kappa shape index (κ1) is 25.1. The summed E-state index contributed by atoms with van der Waals surface area (Å²) in [7, 11) is -4.15. The number of sulfonamides is 1. The van der Waals surface area contributed by atoms with Gasteiger partial charge in [-0.2, -0.15) is 0 Å². The summed E-state index contributed by atoms with van der Waals surface area (Å²) < 4.78 is 41.7. The number of halogens is 1. The summed E-state index contributed by atoms with van der Waals surface area (Å²) in [5, 5.41) is 3.03. The van der Waals surface area contributed by atoms with Crippen LogP contribution in [0.25, 0.3) is 0 Å². The maximum absolute atomic E-state index is 13.6. The van der Waals surface area contributed by atoms with Gasteiger partial charge in [-0.25, -0.2) is 12.8 Å². The van der Waals surface area contributed by atoms with Crippen LogP contribution in [-0.2, 0) is 14.8 Å². The van der Waals surface area contributed by atoms with E-state index in [1.165, 1.54) is 12.1 Å². The molecule has 7 heteroatoms. The Morgan fingerprint density at radius 3 is 2.08 bits per heavy atom. The maximum atomic E-state index is 13.6. The van der Waals surface area contributed by atoms with Gasteiger partial charge in [-0.3, -0.25) is 9.10 Å². The zero-order valence-electron chi connectivity index (χ0n) is 20.1. The van der Waals surface area contributed by atoms with Gasteiger partial charge in [0, 0.05) is 0 Å². The Labute approximate surface area is 211 Å². The van der Waals surface area contributed by atoms with Crippen LogP contribution in [0.5, 0.6) is 0 Å². The summed E-state index contributed by atoms with van der Waals surface area (Å²) in [4.78, 5) is 13.3. The average molecular weight is 503 g/mol. The van der Waals surface area contributed by atoms with Gasteiger partial charge >= 0.3 is 0 Å². The van der Waals surface area contributed by atoms with E-state index in [0.29, 0.717) is 5.69 Å². The van der Waals surface area contributed by atoms with Crippen LogP contribution in [0, 0.1) is 19.7 Å². The topological polar surface area (TPSA) is 66.5 Å². The van der Waals surface area contributed by atoms with E-state index in [9.17, 15) is 17.6 Å². The zero-order valence-corrected chi connectivity index (χ0v) is 20.9. The van der Waals surface area contributed by atoms with E-state index in [4.69, 9.17) is 0 Å². The van der Waals surface area contributed by atoms with Gasteiger partial charge in [0.1, 0.15) is 12.4 Å². The van der Waals surface area contributed by atoms with Crippen molar-refractivity contribution in [3.63, 3.8) is 0 Å². The summed E-state index contributed by atoms with van der Waals surface area (Å²) in [6.07, 6.45) is 0. The maximum Gasteiger partial charge on any atom is 0.264 e. The van der Waals surface area contributed by atoms with Crippen LogP contribution in [0.2, 0.25) is 0 Å². The molecule has 0 spiro atoms. The fraction of sp³-hybridized carbons (Fsp3) is 0.138. The zero-order chi connectivity index (χ0) is 25.7. The standard InChI is InChI=1S/C29H27FN2O3S/c1-21-12-16-25(17-13-21)32(36(34,35)26-18-14-24(30)15-19-26)20-28(33)31-29(23-9-4-3-5-10-23)27-11-7-6-8-22(27)2/h3-19,29H,20H2,1-2H3,(H,31,33)/t29-/m1/s1. The molecule has 0 unspecified atom stereocenters. The largest absolute Gasteiger partial charge is 0.344 e. The quantitative estimate of drug-likeness (QED) is 0.344. The Bertz CT molecular complexity index is 1440. The van der Waals surface area contributed by atoms with Crippen LogP contribution in [0.4, 0.5) is 10.1 Å². The molecule has 0 bridgehead atoms. The Morgan fingerprint density at radius 2 is 1.44 bits per heavy atom. The minimum absolute atomic E-state index is 0.101. The average Bonchev–Trinajstić information content (AvgIpc) is 2.88. The van der Waals surface area contributed by atoms with Gasteiger partial charge in [-0.15, -0.1) is 0 Å². The summed E-state index contributed by atoms with van der Waals surface area (Å²) in [5.41, 5.74) is 4.09. The van der Waals surface area contributed by atoms with Gasteiger partial charge in [0.05, 0.1) is 16.6 Å². The number of rotatable bonds is 8. The third-order valence-electron chi connectivity index (χ3n) is 5.95. The van der Waals surface area contributed by atoms with Crippen molar-refractivity contribution in [1.29, 1.82) is 0 Å². The van der Waals surface area contributed by atoms with Gasteiger partial charge in [-0.1, -0.05) is 72.3 Å². The predicted octanol–water partition coefficient (Wildman–Crippen LogP) is 5.54. The smallest absolute Gasteiger partial charge is 0.264 e. The summed E-state index contributed by atoms with van der Waals surface area (Å²) in [5.74, 6) is -1.02. The molecule has 0 fully saturated rings. The molecule has 0 saturated carbocycles. The van der Waals surface area contributed by atoms with Gasteiger partial charge in [0.2, 0.25) is 5.91 Å². The number of anilines is 1. The van der Waals surface area contributed by atoms with Crippen molar-refractivity contribution in [3.8, 4) is 0 Å². The number of carbonyl (C=O) groups excluding carboxylic acids is 1. The molecule has 184 valence electrons. The van der Waals surface area contributed by atoms with E-state index in [1.807, 2.05) is 68.4 Å². The molecule has 36 heavy (non-hydrogen) atoms. The predicted molar refractivity (Wildman–Crippen MR) is 140 cm³/mol. The van der Waals surface area contributed by atoms with Gasteiger partial charge in [0.15, 0.2) is 0 Å². The van der Waals surface area contributed by atoms with Crippen LogP contribution in [-0.4, -0.2) is 20.9 Å². The molecular weight excluding hydrogens is 475 g/mol. The number of amides is 1. The molecule has 0 aromatic heterocycles. The third kappa shape index (κ3) is 5.63. The van der Waals surface area contributed by atoms with Crippen LogP contribution in [0.1, 0.15) is 28.3 Å². The number of hydrogen-bond donors (Lipinski definition) is 1. The summed E-state index contributed by atoms with van der Waals surface area (Å²) in [6.45, 7) is 3.41. The Morgan fingerprint density at radius 1 is 0.833 bits per heavy atom. The second-order valence-corrected chi connectivity index (χ2v) is 10.4. The van der Waals surface area contributed by atoms with Crippen molar-refractivity contribution >= 4 is 21.6 Å². The van der Waals surface area contributed by atoms with E-state index >= 15 is 0 Å². The van der Waals surface area contributed by atoms with E-state index in [0.717, 1.165) is 38.7 Å². The molecular formula is C29H27FN2O3S. The summed E-state index contributed by atoms with van der Waals surface area (Å²) >= 11 is 0. The minimum atomic E-state index is -4.15. The lowest BCUT2D eigenvalue weighted by Gasteiger charge is -2.27. The highest BCUT2D eigenvalue weighted by atomic mass is 32.2. The molecule has 4 aromatic rings. The Balaban J connectivity index is 1.69. The number of nitrogens with zero attached hydrogens (tertiary/aromatic N) is 1. The number of hydrogen-bond acceptors (Lipinski definition) is 3. The van der Waals surface area contributed by atoms with Crippen molar-refractivity contribution in [2.75, 3.05) is 10.8 Å². The third-order valence-corrected chi connectivity index (χ3v) is 7.74. The van der Waals surface area contributed by atoms with Crippen molar-refractivity contribution < 1.29 is 17.6 Å². The Kier molecular flexibility index (Phi) is 7.50. The van der Waals surface area contributed by atoms with E-state index in [2.05, 4.69) is 5.32 Å². The van der Waals surface area contributed by atoms with Crippen LogP contribution in [0.15, 0.2) is 108 Å². The highest BCUT2D eigenvalue weighted by Crippen LogP contribution is 2.27. The minimum Gasteiger partial charge on any atom is -0.344 e. The Hall–Kier alpha value is -3.97. The molecule has 0 aliphatic heterocycles. The molecule has 1 N–H and O–H groups in total. The second-order valence-electron chi connectivity index (χ2n) is 8.57. The van der Waals surface area contributed by atoms with Crippen LogP contribution >= 0.6 is 0 Å². The fourth-order valence-corrected chi connectivity index (χ4v) is 5.41. The highest BCUT2D eigenvalue weighted by molar-refractivity contribution is 7.92. The second kappa shape index (κ2) is 10.7. The lowest BCUT2D eigenvalue weighted by Crippen LogP contribution is -2.42. The number of nitrogens with one attached hydrogen (secondary N) is 1. The molecule has 0 heterocycles. The molecule has 4 rings (SSSR count). The van der Waals surface area contributed by atoms with Gasteiger partial charge < -0.3 is 5.32 Å². The van der Waals surface area contributed by atoms with E-state index in [1.54, 1.807) is 24.3 Å². The molecule has 4 aromatic carbocycles. The van der Waals surface area contributed by atoms with Crippen molar-refractivity contribution in [2.24, 2.45) is 0 Å². The number of benzene rings is 4. The molecule has 5 nitrogen and oxygen atoms in total. The lowest BCUT2D eigenvalue weighted by atomic mass is 9.95. The molecule has 1 atom stereocenters. The highest BCUT2D eigenvalue weighted by Gasteiger charge is 2.28. The molecule has 1 amide bonds. The molecule has 0 radical (unpaired) electrons. The first-order chi connectivity index (χ1) is 17.3. The van der Waals surface area contributed by atoms with Crippen LogP contribution in [0.3, 0.4) is 0 Å². The molecule has 0 aliphatic rings. The number of carbonyl (C=O) groups is 1. The normalized spacial score (nSPS) is 12.1. The van der Waals surface area contributed by atoms with Crippen LogP contribution < -0.4 is 9.62 Å². The molecule has 0 aliphatic carbocycles. The van der Waals surface area contributed by atoms with Crippen molar-refractivity contribution in [3.05, 3.63) is 131 Å². The summed E-state index contributed by atoms with van der Waals surface area (Å²) in [6, 6.07) is 28.2. The van der Waals surface area contributed by atoms with E-state index < -0.39 is 34.3 Å². The first-order valence-corrected chi connectivity index (χ1v) is 12.9. The van der Waals surface area contributed by atoms with Gasteiger partial charge in [-0.05, 0) is 66.9 Å². The van der Waals surface area contributed by atoms with Crippen molar-refractivity contribution in [2.45, 2.75) is 24.8 Å². The monoisotopic (exact) mass is 502 g/mol. The van der Waals surface area contributed by atoms with Gasteiger partial charge in [0.25, 0.3) is 10.0 Å². The number of aryl methyl sites for hydroxylation is 2.